The van der Waals surface area contributed by atoms with E-state index in [9.17, 15) is 0 Å². The highest BCUT2D eigenvalue weighted by atomic mass is 14.8. The van der Waals surface area contributed by atoms with Gasteiger partial charge in [0.15, 0.2) is 0 Å². The molecular formula is C23H46N2. The first-order chi connectivity index (χ1) is 11.5. The Morgan fingerprint density at radius 2 is 1.24 bits per heavy atom. The number of unbranched alkanes of at least 4 members (excludes halogenated alkanes) is 1. The average Bonchev–Trinajstić information content (AvgIpc) is 2.43. The van der Waals surface area contributed by atoms with Crippen LogP contribution in [0.3, 0.4) is 0 Å². The SMILES string of the molecule is CC1CC(C(N)(CCCCN)C2CC(C)CC(C)(C)C2)CC(C)(C)C1. The minimum absolute atomic E-state index is 0.00701. The Morgan fingerprint density at radius 1 is 0.800 bits per heavy atom. The second-order valence-electron chi connectivity index (χ2n) is 11.6. The first-order valence-corrected chi connectivity index (χ1v) is 11.0. The average molecular weight is 351 g/mol. The molecule has 0 heterocycles. The number of hydrogen-bond acceptors (Lipinski definition) is 2. The Bertz CT molecular complexity index is 394. The van der Waals surface area contributed by atoms with Crippen molar-refractivity contribution in [2.45, 2.75) is 105 Å². The van der Waals surface area contributed by atoms with Crippen LogP contribution in [0.1, 0.15) is 99.3 Å². The lowest BCUT2D eigenvalue weighted by Crippen LogP contribution is -2.58. The Balaban J connectivity index is 2.26. The quantitative estimate of drug-likeness (QED) is 0.600. The summed E-state index contributed by atoms with van der Waals surface area (Å²) < 4.78 is 0. The third-order valence-electron chi connectivity index (χ3n) is 7.36. The molecule has 0 aromatic rings. The van der Waals surface area contributed by atoms with Crippen LogP contribution < -0.4 is 11.5 Å². The van der Waals surface area contributed by atoms with Crippen molar-refractivity contribution in [3.05, 3.63) is 0 Å². The predicted octanol–water partition coefficient (Wildman–Crippen LogP) is 5.74. The van der Waals surface area contributed by atoms with Crippen LogP contribution in [0.25, 0.3) is 0 Å². The minimum atomic E-state index is 0.00701. The Hall–Kier alpha value is -0.0800. The van der Waals surface area contributed by atoms with Crippen molar-refractivity contribution in [3.63, 3.8) is 0 Å². The zero-order chi connectivity index (χ0) is 18.9. The van der Waals surface area contributed by atoms with Gasteiger partial charge in [-0.1, -0.05) is 48.0 Å². The summed E-state index contributed by atoms with van der Waals surface area (Å²) in [5.74, 6) is 2.96. The maximum atomic E-state index is 7.41. The zero-order valence-electron chi connectivity index (χ0n) is 18.0. The molecule has 2 nitrogen and oxygen atoms in total. The normalized spacial score (nSPS) is 37.4. The van der Waals surface area contributed by atoms with Gasteiger partial charge in [0.2, 0.25) is 0 Å². The maximum Gasteiger partial charge on any atom is 0.0212 e. The monoisotopic (exact) mass is 350 g/mol. The largest absolute Gasteiger partial charge is 0.330 e. The summed E-state index contributed by atoms with van der Waals surface area (Å²) in [5, 5.41) is 0. The lowest BCUT2D eigenvalue weighted by molar-refractivity contribution is -0.000399. The summed E-state index contributed by atoms with van der Waals surface area (Å²) >= 11 is 0. The van der Waals surface area contributed by atoms with Crippen LogP contribution in [-0.2, 0) is 0 Å². The van der Waals surface area contributed by atoms with E-state index < -0.39 is 0 Å². The lowest BCUT2D eigenvalue weighted by atomic mass is 9.54. The van der Waals surface area contributed by atoms with Crippen molar-refractivity contribution in [1.82, 2.24) is 0 Å². The number of nitrogens with two attached hydrogens (primary N) is 2. The molecule has 4 unspecified atom stereocenters. The molecule has 148 valence electrons. The molecule has 0 aliphatic heterocycles. The van der Waals surface area contributed by atoms with E-state index >= 15 is 0 Å². The summed E-state index contributed by atoms with van der Waals surface area (Å²) in [6.07, 6.45) is 11.5. The molecule has 2 fully saturated rings. The van der Waals surface area contributed by atoms with Crippen LogP contribution in [0.2, 0.25) is 0 Å². The van der Waals surface area contributed by atoms with Gasteiger partial charge in [-0.05, 0) is 92.4 Å². The highest BCUT2D eigenvalue weighted by molar-refractivity contribution is 5.04. The van der Waals surface area contributed by atoms with Gasteiger partial charge in [-0.25, -0.2) is 0 Å². The lowest BCUT2D eigenvalue weighted by Gasteiger charge is -2.54. The van der Waals surface area contributed by atoms with Gasteiger partial charge in [0, 0.05) is 5.54 Å². The van der Waals surface area contributed by atoms with E-state index in [4.69, 9.17) is 11.5 Å². The molecular weight excluding hydrogens is 304 g/mol. The van der Waals surface area contributed by atoms with Gasteiger partial charge in [0.05, 0.1) is 0 Å². The molecule has 0 saturated heterocycles. The Kier molecular flexibility index (Phi) is 6.69. The molecule has 0 aromatic heterocycles. The molecule has 0 radical (unpaired) electrons. The standard InChI is InChI=1S/C23H46N2/c1-17-11-19(15-21(3,4)13-17)23(25,9-7-8-10-24)20-12-18(2)14-22(5,6)16-20/h17-20H,7-16,24-25H2,1-6H3. The van der Waals surface area contributed by atoms with Crippen LogP contribution in [0, 0.1) is 34.5 Å². The zero-order valence-corrected chi connectivity index (χ0v) is 18.0. The first-order valence-electron chi connectivity index (χ1n) is 11.0. The van der Waals surface area contributed by atoms with Crippen molar-refractivity contribution in [3.8, 4) is 0 Å². The topological polar surface area (TPSA) is 52.0 Å². The highest BCUT2D eigenvalue weighted by Crippen LogP contribution is 2.53. The summed E-state index contributed by atoms with van der Waals surface area (Å²) in [6.45, 7) is 15.5. The van der Waals surface area contributed by atoms with Crippen molar-refractivity contribution in [2.24, 2.45) is 46.0 Å². The maximum absolute atomic E-state index is 7.41. The molecule has 4 N–H and O–H groups in total. The fraction of sp³-hybridized carbons (Fsp3) is 1.00. The van der Waals surface area contributed by atoms with E-state index in [0.717, 1.165) is 24.8 Å². The van der Waals surface area contributed by atoms with Crippen LogP contribution >= 0.6 is 0 Å². The van der Waals surface area contributed by atoms with E-state index in [2.05, 4.69) is 41.5 Å². The van der Waals surface area contributed by atoms with Crippen LogP contribution in [-0.4, -0.2) is 12.1 Å². The van der Waals surface area contributed by atoms with Gasteiger partial charge in [0.1, 0.15) is 0 Å². The van der Waals surface area contributed by atoms with E-state index in [1.54, 1.807) is 0 Å². The first kappa shape index (κ1) is 21.2. The Morgan fingerprint density at radius 3 is 1.60 bits per heavy atom. The van der Waals surface area contributed by atoms with Crippen molar-refractivity contribution < 1.29 is 0 Å². The fourth-order valence-electron chi connectivity index (χ4n) is 6.83. The molecule has 2 rings (SSSR count). The van der Waals surface area contributed by atoms with Crippen LogP contribution in [0.15, 0.2) is 0 Å². The molecule has 0 spiro atoms. The number of rotatable bonds is 6. The van der Waals surface area contributed by atoms with E-state index in [1.807, 2.05) is 0 Å². The van der Waals surface area contributed by atoms with Crippen molar-refractivity contribution in [1.29, 1.82) is 0 Å². The molecule has 2 aliphatic rings. The van der Waals surface area contributed by atoms with Gasteiger partial charge in [-0.3, -0.25) is 0 Å². The third kappa shape index (κ3) is 5.45. The van der Waals surface area contributed by atoms with E-state index in [1.165, 1.54) is 51.4 Å². The van der Waals surface area contributed by atoms with Crippen LogP contribution in [0.4, 0.5) is 0 Å². The molecule has 25 heavy (non-hydrogen) atoms. The van der Waals surface area contributed by atoms with Gasteiger partial charge < -0.3 is 11.5 Å². The van der Waals surface area contributed by atoms with Gasteiger partial charge in [-0.15, -0.1) is 0 Å². The summed E-state index contributed by atoms with van der Waals surface area (Å²) in [6, 6.07) is 0. The fourth-order valence-corrected chi connectivity index (χ4v) is 6.83. The van der Waals surface area contributed by atoms with Gasteiger partial charge >= 0.3 is 0 Å². The minimum Gasteiger partial charge on any atom is -0.330 e. The predicted molar refractivity (Wildman–Crippen MR) is 110 cm³/mol. The third-order valence-corrected chi connectivity index (χ3v) is 7.36. The Labute approximate surface area is 157 Å². The van der Waals surface area contributed by atoms with Gasteiger partial charge in [-0.2, -0.15) is 0 Å². The van der Waals surface area contributed by atoms with Crippen LogP contribution in [0.5, 0.6) is 0 Å². The van der Waals surface area contributed by atoms with Crippen molar-refractivity contribution in [2.75, 3.05) is 6.54 Å². The molecule has 0 aromatic carbocycles. The molecule has 0 amide bonds. The molecule has 0 bridgehead atoms. The number of hydrogen-bond donors (Lipinski definition) is 2. The molecule has 2 heteroatoms. The second-order valence-corrected chi connectivity index (χ2v) is 11.6. The van der Waals surface area contributed by atoms with Crippen molar-refractivity contribution >= 4 is 0 Å². The summed E-state index contributed by atoms with van der Waals surface area (Å²) in [7, 11) is 0. The summed E-state index contributed by atoms with van der Waals surface area (Å²) in [4.78, 5) is 0. The van der Waals surface area contributed by atoms with E-state index in [-0.39, 0.29) is 5.54 Å². The smallest absolute Gasteiger partial charge is 0.0212 e. The molecule has 2 aliphatic carbocycles. The van der Waals surface area contributed by atoms with Gasteiger partial charge in [0.25, 0.3) is 0 Å². The second kappa shape index (κ2) is 7.89. The molecule has 2 saturated carbocycles. The molecule has 4 atom stereocenters. The highest BCUT2D eigenvalue weighted by Gasteiger charge is 2.49. The van der Waals surface area contributed by atoms with E-state index in [0.29, 0.717) is 22.7 Å². The summed E-state index contributed by atoms with van der Waals surface area (Å²) in [5.41, 5.74) is 14.1.